The number of nitrogens with zero attached hydrogens (tertiary/aromatic N) is 3. The van der Waals surface area contributed by atoms with Crippen LogP contribution in [0.1, 0.15) is 36.9 Å². The summed E-state index contributed by atoms with van der Waals surface area (Å²) < 4.78 is 19.1. The van der Waals surface area contributed by atoms with Crippen molar-refractivity contribution < 1.29 is 9.13 Å². The third-order valence-corrected chi connectivity index (χ3v) is 7.47. The molecule has 3 fully saturated rings. The quantitative estimate of drug-likeness (QED) is 0.728. The predicted molar refractivity (Wildman–Crippen MR) is 116 cm³/mol. The van der Waals surface area contributed by atoms with Gasteiger partial charge in [-0.2, -0.15) is 10.2 Å². The maximum absolute atomic E-state index is 13.6. The lowest BCUT2D eigenvalue weighted by molar-refractivity contribution is 0.0544. The molecule has 3 heterocycles. The Morgan fingerprint density at radius 1 is 1.00 bits per heavy atom. The van der Waals surface area contributed by atoms with Crippen LogP contribution in [0.5, 0.6) is 0 Å². The monoisotopic (exact) mass is 409 g/mol. The second-order valence-electron chi connectivity index (χ2n) is 9.71. The van der Waals surface area contributed by atoms with E-state index in [-0.39, 0.29) is 5.82 Å². The van der Waals surface area contributed by atoms with Crippen molar-refractivity contribution in [1.82, 2.24) is 15.1 Å². The van der Waals surface area contributed by atoms with Crippen LogP contribution in [0.2, 0.25) is 0 Å². The molecule has 1 unspecified atom stereocenters. The van der Waals surface area contributed by atoms with Gasteiger partial charge in [-0.15, -0.1) is 0 Å². The van der Waals surface area contributed by atoms with Gasteiger partial charge >= 0.3 is 0 Å². The number of hydrogen-bond donors (Lipinski definition) is 0. The van der Waals surface area contributed by atoms with Crippen molar-refractivity contribution in [2.24, 2.45) is 23.7 Å². The Kier molecular flexibility index (Phi) is 5.83. The van der Waals surface area contributed by atoms with Gasteiger partial charge in [-0.25, -0.2) is 4.39 Å². The summed E-state index contributed by atoms with van der Waals surface area (Å²) in [6, 6.07) is 8.90. The molecule has 0 N–H and O–H groups in total. The van der Waals surface area contributed by atoms with Crippen LogP contribution in [-0.2, 0) is 11.2 Å². The van der Waals surface area contributed by atoms with Crippen LogP contribution in [0.25, 0.3) is 11.3 Å². The molecule has 0 radical (unpaired) electrons. The minimum atomic E-state index is -0.232. The molecular weight excluding hydrogens is 377 g/mol. The Hall–Kier alpha value is -1.85. The number of fused-ring (bicyclic) bond motifs is 1. The number of aromatic nitrogens is 2. The maximum atomic E-state index is 13.6. The Morgan fingerprint density at radius 2 is 1.77 bits per heavy atom. The molecule has 5 heteroatoms. The van der Waals surface area contributed by atoms with Crippen molar-refractivity contribution in [2.45, 2.75) is 39.0 Å². The van der Waals surface area contributed by atoms with Crippen LogP contribution in [0.4, 0.5) is 4.39 Å². The number of benzene rings is 1. The van der Waals surface area contributed by atoms with Gasteiger partial charge < -0.3 is 9.64 Å². The predicted octanol–water partition coefficient (Wildman–Crippen LogP) is 4.52. The molecule has 1 aromatic carbocycles. The third kappa shape index (κ3) is 4.42. The molecule has 3 atom stereocenters. The van der Waals surface area contributed by atoms with Crippen LogP contribution in [-0.4, -0.2) is 47.9 Å². The van der Waals surface area contributed by atoms with E-state index in [9.17, 15) is 4.39 Å². The second kappa shape index (κ2) is 8.72. The number of ether oxygens (including phenoxy) is 1. The van der Waals surface area contributed by atoms with Crippen LogP contribution in [0, 0.1) is 36.4 Å². The molecule has 3 aliphatic rings. The van der Waals surface area contributed by atoms with Gasteiger partial charge in [0.2, 0.25) is 0 Å². The summed E-state index contributed by atoms with van der Waals surface area (Å²) in [6.45, 7) is 7.71. The first-order valence-electron chi connectivity index (χ1n) is 11.5. The van der Waals surface area contributed by atoms with E-state index in [1.54, 1.807) is 12.1 Å². The fourth-order valence-corrected chi connectivity index (χ4v) is 5.91. The zero-order valence-electron chi connectivity index (χ0n) is 17.9. The maximum Gasteiger partial charge on any atom is 0.123 e. The molecule has 2 aliphatic heterocycles. The minimum Gasteiger partial charge on any atom is -0.381 e. The Labute approximate surface area is 178 Å². The van der Waals surface area contributed by atoms with Gasteiger partial charge in [-0.05, 0) is 92.5 Å². The fraction of sp³-hybridized carbons (Fsp3) is 0.600. The Balaban J connectivity index is 1.14. The molecule has 1 saturated carbocycles. The zero-order chi connectivity index (χ0) is 20.5. The van der Waals surface area contributed by atoms with Gasteiger partial charge in [-0.1, -0.05) is 6.07 Å². The van der Waals surface area contributed by atoms with Crippen molar-refractivity contribution in [3.05, 3.63) is 47.4 Å². The van der Waals surface area contributed by atoms with E-state index < -0.39 is 0 Å². The average Bonchev–Trinajstić information content (AvgIpc) is 3.29. The normalized spacial score (nSPS) is 27.5. The van der Waals surface area contributed by atoms with Gasteiger partial charge in [0.25, 0.3) is 0 Å². The van der Waals surface area contributed by atoms with E-state index in [4.69, 9.17) is 4.74 Å². The fourth-order valence-electron chi connectivity index (χ4n) is 5.91. The SMILES string of the molecule is Cc1ccc(F)cc1-c1ccc(CC2C[C@@H]3CN(CC4CCOCC4)C[C@@H]3C2)nn1. The lowest BCUT2D eigenvalue weighted by Crippen LogP contribution is -2.31. The summed E-state index contributed by atoms with van der Waals surface area (Å²) >= 11 is 0. The Morgan fingerprint density at radius 3 is 2.47 bits per heavy atom. The van der Waals surface area contributed by atoms with Gasteiger partial charge in [0.05, 0.1) is 11.4 Å². The molecule has 160 valence electrons. The Bertz CT molecular complexity index is 851. The standard InChI is InChI=1S/C25H32FN3O/c1-17-2-3-22(26)13-24(17)25-5-4-23(27-28-25)12-19-10-20-15-29(16-21(20)11-19)14-18-6-8-30-9-7-18/h2-5,13,18-21H,6-12,14-16H2,1H3/t19?,20-,21+. The summed E-state index contributed by atoms with van der Waals surface area (Å²) in [5.74, 6) is 3.05. The first-order valence-corrected chi connectivity index (χ1v) is 11.5. The van der Waals surface area contributed by atoms with Gasteiger partial charge in [0.15, 0.2) is 0 Å². The summed E-state index contributed by atoms with van der Waals surface area (Å²) in [5, 5.41) is 8.89. The van der Waals surface area contributed by atoms with Gasteiger partial charge in [0, 0.05) is 38.4 Å². The highest BCUT2D eigenvalue weighted by molar-refractivity contribution is 5.62. The van der Waals surface area contributed by atoms with Crippen molar-refractivity contribution in [3.63, 3.8) is 0 Å². The molecule has 2 saturated heterocycles. The highest BCUT2D eigenvalue weighted by atomic mass is 19.1. The van der Waals surface area contributed by atoms with E-state index in [1.807, 2.05) is 13.0 Å². The van der Waals surface area contributed by atoms with Crippen LogP contribution in [0.15, 0.2) is 30.3 Å². The first kappa shape index (κ1) is 20.1. The minimum absolute atomic E-state index is 0.232. The van der Waals surface area contributed by atoms with Gasteiger partial charge in [0.1, 0.15) is 5.82 Å². The topological polar surface area (TPSA) is 38.2 Å². The molecule has 30 heavy (non-hydrogen) atoms. The molecule has 0 bridgehead atoms. The summed E-state index contributed by atoms with van der Waals surface area (Å²) in [6.07, 6.45) is 6.13. The third-order valence-electron chi connectivity index (χ3n) is 7.47. The molecule has 0 spiro atoms. The van der Waals surface area contributed by atoms with Crippen LogP contribution < -0.4 is 0 Å². The molecule has 4 nitrogen and oxygen atoms in total. The molecule has 2 aromatic rings. The van der Waals surface area contributed by atoms with E-state index in [2.05, 4.69) is 21.2 Å². The van der Waals surface area contributed by atoms with E-state index in [1.165, 1.54) is 51.4 Å². The van der Waals surface area contributed by atoms with E-state index >= 15 is 0 Å². The zero-order valence-corrected chi connectivity index (χ0v) is 17.9. The summed E-state index contributed by atoms with van der Waals surface area (Å²) in [5.41, 5.74) is 3.67. The smallest absolute Gasteiger partial charge is 0.123 e. The highest BCUT2D eigenvalue weighted by Crippen LogP contribution is 2.43. The van der Waals surface area contributed by atoms with Crippen LogP contribution in [0.3, 0.4) is 0 Å². The number of aryl methyl sites for hydroxylation is 1. The number of likely N-dealkylation sites (tertiary alicyclic amines) is 1. The van der Waals surface area contributed by atoms with E-state index in [0.29, 0.717) is 0 Å². The van der Waals surface area contributed by atoms with Crippen LogP contribution >= 0.6 is 0 Å². The summed E-state index contributed by atoms with van der Waals surface area (Å²) in [4.78, 5) is 2.72. The average molecular weight is 410 g/mol. The lowest BCUT2D eigenvalue weighted by atomic mass is 9.98. The number of rotatable bonds is 5. The first-order chi connectivity index (χ1) is 14.6. The second-order valence-corrected chi connectivity index (χ2v) is 9.71. The van der Waals surface area contributed by atoms with Gasteiger partial charge in [-0.3, -0.25) is 0 Å². The molecule has 5 rings (SSSR count). The van der Waals surface area contributed by atoms with Crippen molar-refractivity contribution >= 4 is 0 Å². The number of halogens is 1. The summed E-state index contributed by atoms with van der Waals surface area (Å²) in [7, 11) is 0. The largest absolute Gasteiger partial charge is 0.381 e. The van der Waals surface area contributed by atoms with E-state index in [0.717, 1.165) is 65.8 Å². The van der Waals surface area contributed by atoms with Crippen molar-refractivity contribution in [3.8, 4) is 11.3 Å². The van der Waals surface area contributed by atoms with Crippen molar-refractivity contribution in [1.29, 1.82) is 0 Å². The molecule has 1 aromatic heterocycles. The molecule has 0 amide bonds. The molecule has 1 aliphatic carbocycles. The number of hydrogen-bond acceptors (Lipinski definition) is 4. The lowest BCUT2D eigenvalue weighted by Gasteiger charge is -2.27. The highest BCUT2D eigenvalue weighted by Gasteiger charge is 2.41. The molecular formula is C25H32FN3O. The van der Waals surface area contributed by atoms with Crippen molar-refractivity contribution in [2.75, 3.05) is 32.8 Å².